The van der Waals surface area contributed by atoms with Crippen LogP contribution in [-0.4, -0.2) is 47.0 Å². The SMILES string of the molecule is O[C@H]1CCC[C@H](Nc2ncc(C(F)(F)F)c(-c3n[nH]c4nn5cc(Br)ccc5c34)n2)C1. The second-order valence-corrected chi connectivity index (χ2v) is 8.50. The van der Waals surface area contributed by atoms with Gasteiger partial charge < -0.3 is 10.4 Å². The van der Waals surface area contributed by atoms with E-state index in [1.54, 1.807) is 22.8 Å². The van der Waals surface area contributed by atoms with Gasteiger partial charge in [0, 0.05) is 22.9 Å². The Balaban J connectivity index is 1.64. The number of pyridine rings is 1. The van der Waals surface area contributed by atoms with E-state index < -0.39 is 17.8 Å². The molecule has 0 spiro atoms. The van der Waals surface area contributed by atoms with Crippen molar-refractivity contribution in [3.8, 4) is 11.4 Å². The molecule has 1 saturated carbocycles. The molecule has 31 heavy (non-hydrogen) atoms. The molecule has 0 amide bonds. The van der Waals surface area contributed by atoms with Gasteiger partial charge >= 0.3 is 6.18 Å². The highest BCUT2D eigenvalue weighted by molar-refractivity contribution is 9.10. The maximum atomic E-state index is 13.8. The summed E-state index contributed by atoms with van der Waals surface area (Å²) in [7, 11) is 0. The van der Waals surface area contributed by atoms with E-state index in [0.29, 0.717) is 29.4 Å². The fraction of sp³-hybridized carbons (Fsp3) is 0.368. The lowest BCUT2D eigenvalue weighted by Crippen LogP contribution is -2.30. The molecule has 0 unspecified atom stereocenters. The first-order chi connectivity index (χ1) is 14.8. The van der Waals surface area contributed by atoms with Crippen molar-refractivity contribution in [2.24, 2.45) is 0 Å². The molecule has 0 bridgehead atoms. The van der Waals surface area contributed by atoms with Crippen LogP contribution >= 0.6 is 15.9 Å². The lowest BCUT2D eigenvalue weighted by Gasteiger charge is -2.26. The van der Waals surface area contributed by atoms with Gasteiger partial charge in [0.2, 0.25) is 5.95 Å². The zero-order chi connectivity index (χ0) is 21.8. The van der Waals surface area contributed by atoms with Gasteiger partial charge in [-0.05, 0) is 53.7 Å². The molecule has 1 fully saturated rings. The summed E-state index contributed by atoms with van der Waals surface area (Å²) in [6.07, 6.45) is 0.196. The predicted octanol–water partition coefficient (Wildman–Crippen LogP) is 4.16. The number of aliphatic hydroxyl groups is 1. The largest absolute Gasteiger partial charge is 0.420 e. The van der Waals surface area contributed by atoms with Crippen molar-refractivity contribution in [2.45, 2.75) is 44.0 Å². The van der Waals surface area contributed by atoms with Crippen LogP contribution in [-0.2, 0) is 6.18 Å². The van der Waals surface area contributed by atoms with Gasteiger partial charge in [-0.15, -0.1) is 5.10 Å². The van der Waals surface area contributed by atoms with Crippen LogP contribution < -0.4 is 5.32 Å². The van der Waals surface area contributed by atoms with Crippen LogP contribution in [0.1, 0.15) is 31.2 Å². The molecule has 3 N–H and O–H groups in total. The van der Waals surface area contributed by atoms with Crippen LogP contribution in [0.5, 0.6) is 0 Å². The minimum Gasteiger partial charge on any atom is -0.393 e. The quantitative estimate of drug-likeness (QED) is 0.394. The highest BCUT2D eigenvalue weighted by Gasteiger charge is 2.37. The Morgan fingerprint density at radius 2 is 2.06 bits per heavy atom. The van der Waals surface area contributed by atoms with E-state index in [0.717, 1.165) is 23.5 Å². The molecular weight excluding hydrogens is 479 g/mol. The summed E-state index contributed by atoms with van der Waals surface area (Å²) < 4.78 is 43.7. The highest BCUT2D eigenvalue weighted by Crippen LogP contribution is 2.39. The molecule has 12 heteroatoms. The van der Waals surface area contributed by atoms with Crippen LogP contribution in [0.2, 0.25) is 0 Å². The van der Waals surface area contributed by atoms with Crippen molar-refractivity contribution in [3.05, 3.63) is 34.6 Å². The van der Waals surface area contributed by atoms with Crippen molar-refractivity contribution in [2.75, 3.05) is 5.32 Å². The molecule has 4 heterocycles. The van der Waals surface area contributed by atoms with Gasteiger partial charge in [-0.1, -0.05) is 0 Å². The molecule has 4 aromatic rings. The zero-order valence-electron chi connectivity index (χ0n) is 16.0. The number of aliphatic hydroxyl groups excluding tert-OH is 1. The summed E-state index contributed by atoms with van der Waals surface area (Å²) in [5.41, 5.74) is -0.311. The molecule has 0 radical (unpaired) electrons. The number of nitrogens with one attached hydrogen (secondary N) is 2. The molecule has 1 aliphatic carbocycles. The number of rotatable bonds is 3. The third kappa shape index (κ3) is 3.74. The average Bonchev–Trinajstić information content (AvgIpc) is 3.25. The maximum Gasteiger partial charge on any atom is 0.420 e. The average molecular weight is 496 g/mol. The molecule has 5 rings (SSSR count). The van der Waals surface area contributed by atoms with E-state index in [-0.39, 0.29) is 23.4 Å². The number of anilines is 1. The van der Waals surface area contributed by atoms with Crippen LogP contribution in [0, 0.1) is 0 Å². The van der Waals surface area contributed by atoms with E-state index in [2.05, 4.69) is 46.5 Å². The fourth-order valence-electron chi connectivity index (χ4n) is 3.99. The molecule has 1 aliphatic rings. The normalized spacial score (nSPS) is 19.9. The van der Waals surface area contributed by atoms with Gasteiger partial charge in [0.05, 0.1) is 17.0 Å². The summed E-state index contributed by atoms with van der Waals surface area (Å²) in [4.78, 5) is 8.09. The Kier molecular flexibility index (Phi) is 4.85. The van der Waals surface area contributed by atoms with Crippen molar-refractivity contribution in [1.82, 2.24) is 29.8 Å². The van der Waals surface area contributed by atoms with Crippen LogP contribution in [0.15, 0.2) is 29.0 Å². The lowest BCUT2D eigenvalue weighted by molar-refractivity contribution is -0.137. The number of alkyl halides is 3. The minimum atomic E-state index is -4.66. The van der Waals surface area contributed by atoms with Gasteiger partial charge in [-0.3, -0.25) is 5.10 Å². The molecule has 0 aromatic carbocycles. The maximum absolute atomic E-state index is 13.8. The molecule has 2 atom stereocenters. The summed E-state index contributed by atoms with van der Waals surface area (Å²) >= 11 is 3.36. The van der Waals surface area contributed by atoms with Crippen molar-refractivity contribution >= 4 is 38.4 Å². The van der Waals surface area contributed by atoms with Crippen molar-refractivity contribution in [1.29, 1.82) is 0 Å². The first kappa shape index (κ1) is 20.2. The summed E-state index contributed by atoms with van der Waals surface area (Å²) in [6.45, 7) is 0. The van der Waals surface area contributed by atoms with E-state index in [1.165, 1.54) is 0 Å². The van der Waals surface area contributed by atoms with Gasteiger partial charge in [-0.2, -0.15) is 18.3 Å². The van der Waals surface area contributed by atoms with Crippen LogP contribution in [0.4, 0.5) is 19.1 Å². The molecule has 0 saturated heterocycles. The monoisotopic (exact) mass is 495 g/mol. The summed E-state index contributed by atoms with van der Waals surface area (Å²) in [6, 6.07) is 3.41. The van der Waals surface area contributed by atoms with E-state index in [1.807, 2.05) is 0 Å². The first-order valence-electron chi connectivity index (χ1n) is 9.71. The topological polar surface area (TPSA) is 104 Å². The van der Waals surface area contributed by atoms with E-state index >= 15 is 0 Å². The number of fused-ring (bicyclic) bond motifs is 3. The second kappa shape index (κ2) is 7.45. The molecule has 162 valence electrons. The standard InChI is InChI=1S/C19H17BrF3N7O/c20-9-4-5-13-14-16(27-28-17(14)29-30(13)8-9)15-12(19(21,22)23)7-24-18(26-15)25-10-2-1-3-11(31)6-10/h4-5,7-8,10-11,31H,1-3,6H2,(H,28,29)(H,24,25,26)/t10-,11-/m0/s1. The summed E-state index contributed by atoms with van der Waals surface area (Å²) in [5.74, 6) is 0.0671. The second-order valence-electron chi connectivity index (χ2n) is 7.59. The van der Waals surface area contributed by atoms with Crippen molar-refractivity contribution < 1.29 is 18.3 Å². The lowest BCUT2D eigenvalue weighted by atomic mass is 9.93. The number of hydrogen-bond donors (Lipinski definition) is 3. The Hall–Kier alpha value is -2.73. The number of hydrogen-bond acceptors (Lipinski definition) is 6. The Morgan fingerprint density at radius 1 is 1.23 bits per heavy atom. The number of H-pyrrole nitrogens is 1. The number of halogens is 4. The Morgan fingerprint density at radius 3 is 2.84 bits per heavy atom. The highest BCUT2D eigenvalue weighted by atomic mass is 79.9. The number of aromatic nitrogens is 6. The third-order valence-electron chi connectivity index (χ3n) is 5.40. The molecule has 4 aromatic heterocycles. The predicted molar refractivity (Wildman–Crippen MR) is 110 cm³/mol. The third-order valence-corrected chi connectivity index (χ3v) is 5.87. The number of nitrogens with zero attached hydrogens (tertiary/aromatic N) is 5. The van der Waals surface area contributed by atoms with Gasteiger partial charge in [-0.25, -0.2) is 14.5 Å². The Bertz CT molecular complexity index is 1270. The number of aromatic amines is 1. The molecule has 8 nitrogen and oxygen atoms in total. The molecular formula is C19H17BrF3N7O. The summed E-state index contributed by atoms with van der Waals surface area (Å²) in [5, 5.41) is 24.5. The smallest absolute Gasteiger partial charge is 0.393 e. The van der Waals surface area contributed by atoms with Gasteiger partial charge in [0.15, 0.2) is 5.65 Å². The van der Waals surface area contributed by atoms with Crippen molar-refractivity contribution in [3.63, 3.8) is 0 Å². The minimum absolute atomic E-state index is 0.0498. The Labute approximate surface area is 182 Å². The van der Waals surface area contributed by atoms with Crippen LogP contribution in [0.3, 0.4) is 0 Å². The van der Waals surface area contributed by atoms with Crippen LogP contribution in [0.25, 0.3) is 27.9 Å². The fourth-order valence-corrected chi connectivity index (χ4v) is 4.31. The van der Waals surface area contributed by atoms with E-state index in [4.69, 9.17) is 0 Å². The van der Waals surface area contributed by atoms with Gasteiger partial charge in [0.1, 0.15) is 17.0 Å². The zero-order valence-corrected chi connectivity index (χ0v) is 17.6. The first-order valence-corrected chi connectivity index (χ1v) is 10.5. The molecule has 0 aliphatic heterocycles. The van der Waals surface area contributed by atoms with E-state index in [9.17, 15) is 18.3 Å². The van der Waals surface area contributed by atoms with Gasteiger partial charge in [0.25, 0.3) is 0 Å².